The van der Waals surface area contributed by atoms with Crippen LogP contribution in [0.3, 0.4) is 0 Å². The fourth-order valence-electron chi connectivity index (χ4n) is 1.63. The minimum atomic E-state index is -1.01. The number of ether oxygens (including phenoxy) is 1. The van der Waals surface area contributed by atoms with Crippen molar-refractivity contribution in [1.29, 1.82) is 0 Å². The molecule has 1 rings (SSSR count). The molecule has 1 aromatic rings. The maximum absolute atomic E-state index is 11.8. The lowest BCUT2D eigenvalue weighted by molar-refractivity contribution is -0.140. The van der Waals surface area contributed by atoms with Gasteiger partial charge in [-0.1, -0.05) is 40.2 Å². The standard InChI is InChI=1S/C14H17BrO5/c1-20-13(18)7-6-11(16)9-2-4-10(5-3-9)14(19)12(17)8-15/h2-5,12,14,17,19H,6-8H2,1H3. The summed E-state index contributed by atoms with van der Waals surface area (Å²) in [7, 11) is 1.28. The van der Waals surface area contributed by atoms with Crippen molar-refractivity contribution in [2.75, 3.05) is 12.4 Å². The molecule has 0 spiro atoms. The van der Waals surface area contributed by atoms with Crippen molar-refractivity contribution in [2.45, 2.75) is 25.0 Å². The van der Waals surface area contributed by atoms with Crippen LogP contribution in [0.4, 0.5) is 0 Å². The van der Waals surface area contributed by atoms with Crippen LogP contribution in [0.25, 0.3) is 0 Å². The Bertz CT molecular complexity index is 457. The zero-order chi connectivity index (χ0) is 15.1. The Morgan fingerprint density at radius 1 is 1.20 bits per heavy atom. The monoisotopic (exact) mass is 344 g/mol. The fraction of sp³-hybridized carbons (Fsp3) is 0.429. The van der Waals surface area contributed by atoms with Gasteiger partial charge in [-0.05, 0) is 5.56 Å². The number of benzene rings is 1. The third-order valence-electron chi connectivity index (χ3n) is 2.88. The molecular weight excluding hydrogens is 328 g/mol. The first kappa shape index (κ1) is 16.8. The van der Waals surface area contributed by atoms with E-state index in [2.05, 4.69) is 20.7 Å². The first-order valence-corrected chi connectivity index (χ1v) is 7.23. The van der Waals surface area contributed by atoms with Gasteiger partial charge in [-0.15, -0.1) is 0 Å². The molecule has 0 saturated heterocycles. The van der Waals surface area contributed by atoms with Crippen molar-refractivity contribution in [2.24, 2.45) is 0 Å². The van der Waals surface area contributed by atoms with Gasteiger partial charge in [0.15, 0.2) is 5.78 Å². The molecule has 2 unspecified atom stereocenters. The summed E-state index contributed by atoms with van der Waals surface area (Å²) in [6, 6.07) is 6.31. The first-order chi connectivity index (χ1) is 9.49. The van der Waals surface area contributed by atoms with Crippen LogP contribution in [-0.4, -0.2) is 40.5 Å². The molecule has 0 aliphatic rings. The zero-order valence-electron chi connectivity index (χ0n) is 11.1. The topological polar surface area (TPSA) is 83.8 Å². The van der Waals surface area contributed by atoms with Crippen LogP contribution in [0.2, 0.25) is 0 Å². The number of aliphatic hydroxyl groups excluding tert-OH is 2. The number of rotatable bonds is 7. The predicted molar refractivity (Wildman–Crippen MR) is 76.8 cm³/mol. The summed E-state index contributed by atoms with van der Waals surface area (Å²) in [5.41, 5.74) is 0.986. The molecule has 0 radical (unpaired) electrons. The molecule has 2 N–H and O–H groups in total. The molecule has 110 valence electrons. The number of methoxy groups -OCH3 is 1. The lowest BCUT2D eigenvalue weighted by atomic mass is 10.0. The number of halogens is 1. The molecule has 0 saturated carbocycles. The van der Waals surface area contributed by atoms with Crippen molar-refractivity contribution in [3.8, 4) is 0 Å². The molecule has 6 heteroatoms. The average Bonchev–Trinajstić information content (AvgIpc) is 2.50. The molecule has 0 fully saturated rings. The van der Waals surface area contributed by atoms with Crippen LogP contribution in [0.5, 0.6) is 0 Å². The van der Waals surface area contributed by atoms with Gasteiger partial charge in [0.2, 0.25) is 0 Å². The van der Waals surface area contributed by atoms with E-state index in [1.807, 2.05) is 0 Å². The Labute approximate surface area is 125 Å². The number of hydrogen-bond donors (Lipinski definition) is 2. The quantitative estimate of drug-likeness (QED) is 0.446. The highest BCUT2D eigenvalue weighted by atomic mass is 79.9. The minimum Gasteiger partial charge on any atom is -0.469 e. The van der Waals surface area contributed by atoms with Crippen LogP contribution in [0.15, 0.2) is 24.3 Å². The van der Waals surface area contributed by atoms with Crippen molar-refractivity contribution in [3.05, 3.63) is 35.4 Å². The number of aliphatic hydroxyl groups is 2. The van der Waals surface area contributed by atoms with Gasteiger partial charge in [0.25, 0.3) is 0 Å². The number of esters is 1. The van der Waals surface area contributed by atoms with Crippen molar-refractivity contribution in [3.63, 3.8) is 0 Å². The van der Waals surface area contributed by atoms with E-state index in [4.69, 9.17) is 0 Å². The highest BCUT2D eigenvalue weighted by molar-refractivity contribution is 9.09. The fourth-order valence-corrected chi connectivity index (χ4v) is 1.99. The lowest BCUT2D eigenvalue weighted by Crippen LogP contribution is -2.19. The molecule has 0 heterocycles. The molecule has 20 heavy (non-hydrogen) atoms. The average molecular weight is 345 g/mol. The molecule has 0 aromatic heterocycles. The molecular formula is C14H17BrO5. The van der Waals surface area contributed by atoms with E-state index in [1.165, 1.54) is 7.11 Å². The van der Waals surface area contributed by atoms with E-state index >= 15 is 0 Å². The molecule has 0 amide bonds. The summed E-state index contributed by atoms with van der Waals surface area (Å²) in [5.74, 6) is -0.594. The Morgan fingerprint density at radius 3 is 2.30 bits per heavy atom. The summed E-state index contributed by atoms with van der Waals surface area (Å²) in [6.45, 7) is 0. The molecule has 5 nitrogen and oxygen atoms in total. The molecule has 2 atom stereocenters. The van der Waals surface area contributed by atoms with E-state index in [0.29, 0.717) is 11.1 Å². The lowest BCUT2D eigenvalue weighted by Gasteiger charge is -2.15. The number of hydrogen-bond acceptors (Lipinski definition) is 5. The van der Waals surface area contributed by atoms with E-state index in [0.717, 1.165) is 0 Å². The van der Waals surface area contributed by atoms with Gasteiger partial charge in [0, 0.05) is 17.3 Å². The smallest absolute Gasteiger partial charge is 0.305 e. The Kier molecular flexibility index (Phi) is 6.84. The van der Waals surface area contributed by atoms with Gasteiger partial charge < -0.3 is 14.9 Å². The minimum absolute atomic E-state index is 0.0437. The molecule has 0 aliphatic carbocycles. The highest BCUT2D eigenvalue weighted by Gasteiger charge is 2.17. The maximum Gasteiger partial charge on any atom is 0.305 e. The van der Waals surface area contributed by atoms with Gasteiger partial charge in [0.1, 0.15) is 6.10 Å². The van der Waals surface area contributed by atoms with Crippen molar-refractivity contribution >= 4 is 27.7 Å². The van der Waals surface area contributed by atoms with Gasteiger partial charge in [-0.3, -0.25) is 9.59 Å². The second-order valence-electron chi connectivity index (χ2n) is 4.29. The summed E-state index contributed by atoms with van der Waals surface area (Å²) >= 11 is 3.08. The van der Waals surface area contributed by atoms with Crippen LogP contribution in [-0.2, 0) is 9.53 Å². The van der Waals surface area contributed by atoms with E-state index in [1.54, 1.807) is 24.3 Å². The molecule has 0 aliphatic heterocycles. The number of alkyl halides is 1. The summed E-state index contributed by atoms with van der Waals surface area (Å²) in [4.78, 5) is 22.8. The Morgan fingerprint density at radius 2 is 1.80 bits per heavy atom. The molecule has 0 bridgehead atoms. The van der Waals surface area contributed by atoms with Gasteiger partial charge in [-0.25, -0.2) is 0 Å². The first-order valence-electron chi connectivity index (χ1n) is 6.11. The van der Waals surface area contributed by atoms with Crippen LogP contribution >= 0.6 is 15.9 Å². The van der Waals surface area contributed by atoms with Gasteiger partial charge in [-0.2, -0.15) is 0 Å². The van der Waals surface area contributed by atoms with Gasteiger partial charge in [0.05, 0.1) is 19.6 Å². The van der Waals surface area contributed by atoms with E-state index in [-0.39, 0.29) is 24.0 Å². The SMILES string of the molecule is COC(=O)CCC(=O)c1ccc(C(O)C(O)CBr)cc1. The third kappa shape index (κ3) is 4.70. The number of Topliss-reactive ketones (excluding diaryl/α,β-unsaturated/α-hetero) is 1. The van der Waals surface area contributed by atoms with Crippen molar-refractivity contribution < 1.29 is 24.5 Å². The highest BCUT2D eigenvalue weighted by Crippen LogP contribution is 2.19. The van der Waals surface area contributed by atoms with Crippen molar-refractivity contribution in [1.82, 2.24) is 0 Å². The molecule has 1 aromatic carbocycles. The number of ketones is 1. The predicted octanol–water partition coefficient (Wildman–Crippen LogP) is 1.61. The Balaban J connectivity index is 2.66. The summed E-state index contributed by atoms with van der Waals surface area (Å²) in [6.07, 6.45) is -1.79. The number of carbonyl (C=O) groups excluding carboxylic acids is 2. The van der Waals surface area contributed by atoms with Crippen LogP contribution in [0, 0.1) is 0 Å². The third-order valence-corrected chi connectivity index (χ3v) is 3.54. The summed E-state index contributed by atoms with van der Waals surface area (Å²) < 4.78 is 4.47. The second-order valence-corrected chi connectivity index (χ2v) is 4.94. The van der Waals surface area contributed by atoms with E-state index in [9.17, 15) is 19.8 Å². The van der Waals surface area contributed by atoms with Crippen LogP contribution in [0.1, 0.15) is 34.9 Å². The van der Waals surface area contributed by atoms with E-state index < -0.39 is 18.2 Å². The van der Waals surface area contributed by atoms with Crippen LogP contribution < -0.4 is 0 Å². The zero-order valence-corrected chi connectivity index (χ0v) is 12.7. The summed E-state index contributed by atoms with van der Waals surface area (Å²) in [5, 5.41) is 19.6. The Hall–Kier alpha value is -1.24. The number of carbonyl (C=O) groups is 2. The normalized spacial score (nSPS) is 13.6. The largest absolute Gasteiger partial charge is 0.469 e. The second kappa shape index (κ2) is 8.14. The van der Waals surface area contributed by atoms with Gasteiger partial charge >= 0.3 is 5.97 Å². The maximum atomic E-state index is 11.8.